The lowest BCUT2D eigenvalue weighted by molar-refractivity contribution is 0.194. The Labute approximate surface area is 92.1 Å². The molecule has 1 heteroatoms. The van der Waals surface area contributed by atoms with Crippen molar-refractivity contribution in [1.29, 1.82) is 0 Å². The van der Waals surface area contributed by atoms with Gasteiger partial charge in [-0.25, -0.2) is 0 Å². The third-order valence-corrected chi connectivity index (χ3v) is 2.19. The van der Waals surface area contributed by atoms with E-state index in [0.29, 0.717) is 6.61 Å². The van der Waals surface area contributed by atoms with Gasteiger partial charge in [0.1, 0.15) is 6.61 Å². The van der Waals surface area contributed by atoms with Crippen LogP contribution < -0.4 is 0 Å². The average Bonchev–Trinajstić information content (AvgIpc) is 2.15. The number of ether oxygens (including phenoxy) is 1. The van der Waals surface area contributed by atoms with E-state index in [0.717, 1.165) is 17.8 Å². The molecule has 1 nitrogen and oxygen atoms in total. The Morgan fingerprint density at radius 3 is 2.53 bits per heavy atom. The highest BCUT2D eigenvalue weighted by Crippen LogP contribution is 2.13. The van der Waals surface area contributed by atoms with E-state index >= 15 is 0 Å². The summed E-state index contributed by atoms with van der Waals surface area (Å²) in [5.41, 5.74) is 3.53. The number of rotatable bonds is 5. The first kappa shape index (κ1) is 11.6. The van der Waals surface area contributed by atoms with Crippen molar-refractivity contribution in [3.05, 3.63) is 59.9 Å². The van der Waals surface area contributed by atoms with Gasteiger partial charge in [0, 0.05) is 6.42 Å². The molecule has 0 fully saturated rings. The number of benzene rings is 1. The van der Waals surface area contributed by atoms with E-state index in [9.17, 15) is 0 Å². The maximum absolute atomic E-state index is 5.56. The minimum Gasteiger partial charge on any atom is -0.494 e. The van der Waals surface area contributed by atoms with Crippen molar-refractivity contribution >= 4 is 0 Å². The van der Waals surface area contributed by atoms with Gasteiger partial charge in [-0.3, -0.25) is 0 Å². The van der Waals surface area contributed by atoms with Crippen molar-refractivity contribution in [2.45, 2.75) is 26.9 Å². The van der Waals surface area contributed by atoms with E-state index in [1.54, 1.807) is 0 Å². The van der Waals surface area contributed by atoms with Crippen LogP contribution in [0.4, 0.5) is 0 Å². The highest BCUT2D eigenvalue weighted by Gasteiger charge is 1.99. The fraction of sp³-hybridized carbons (Fsp3) is 0.286. The molecule has 0 spiro atoms. The molecule has 0 aliphatic carbocycles. The zero-order chi connectivity index (χ0) is 11.3. The van der Waals surface area contributed by atoms with Crippen molar-refractivity contribution < 1.29 is 4.74 Å². The van der Waals surface area contributed by atoms with Crippen molar-refractivity contribution in [2.75, 3.05) is 0 Å². The summed E-state index contributed by atoms with van der Waals surface area (Å²) < 4.78 is 5.56. The molecule has 0 aliphatic heterocycles. The quantitative estimate of drug-likeness (QED) is 0.518. The Bertz CT molecular complexity index is 363. The van der Waals surface area contributed by atoms with Crippen molar-refractivity contribution in [1.82, 2.24) is 0 Å². The van der Waals surface area contributed by atoms with Crippen molar-refractivity contribution in [3.63, 3.8) is 0 Å². The minimum atomic E-state index is 0.596. The highest BCUT2D eigenvalue weighted by atomic mass is 16.5. The van der Waals surface area contributed by atoms with Crippen molar-refractivity contribution in [2.24, 2.45) is 0 Å². The number of hydrogen-bond donors (Lipinski definition) is 0. The summed E-state index contributed by atoms with van der Waals surface area (Å²) in [6.07, 6.45) is 0.742. The molecule has 1 rings (SSSR count). The molecule has 80 valence electrons. The van der Waals surface area contributed by atoms with Crippen LogP contribution in [0.15, 0.2) is 48.8 Å². The van der Waals surface area contributed by atoms with E-state index in [4.69, 9.17) is 4.74 Å². The van der Waals surface area contributed by atoms with E-state index in [1.807, 2.05) is 19.1 Å². The third kappa shape index (κ3) is 4.03. The van der Waals surface area contributed by atoms with Gasteiger partial charge in [-0.05, 0) is 25.0 Å². The second-order valence-corrected chi connectivity index (χ2v) is 3.89. The monoisotopic (exact) mass is 202 g/mol. The highest BCUT2D eigenvalue weighted by molar-refractivity contribution is 5.24. The maximum atomic E-state index is 5.56. The van der Waals surface area contributed by atoms with E-state index in [-0.39, 0.29) is 0 Å². The zero-order valence-electron chi connectivity index (χ0n) is 9.55. The Morgan fingerprint density at radius 1 is 1.27 bits per heavy atom. The van der Waals surface area contributed by atoms with Crippen molar-refractivity contribution in [3.8, 4) is 0 Å². The lowest BCUT2D eigenvalue weighted by Crippen LogP contribution is -1.95. The van der Waals surface area contributed by atoms with Gasteiger partial charge in [0.25, 0.3) is 0 Å². The summed E-state index contributed by atoms with van der Waals surface area (Å²) in [5.74, 6) is 0.783. The molecular weight excluding hydrogens is 184 g/mol. The first-order chi connectivity index (χ1) is 7.09. The Balaban J connectivity index is 2.47. The maximum Gasteiger partial charge on any atom is 0.113 e. The molecule has 0 N–H and O–H groups in total. The molecule has 1 aromatic rings. The Morgan fingerprint density at radius 2 is 1.93 bits per heavy atom. The van der Waals surface area contributed by atoms with Crippen LogP contribution in [0.25, 0.3) is 0 Å². The van der Waals surface area contributed by atoms with Gasteiger partial charge >= 0.3 is 0 Å². The molecule has 0 aromatic heterocycles. The summed E-state index contributed by atoms with van der Waals surface area (Å²) in [6, 6.07) is 8.21. The first-order valence-electron chi connectivity index (χ1n) is 5.09. The van der Waals surface area contributed by atoms with Gasteiger partial charge in [-0.15, -0.1) is 0 Å². The SMILES string of the molecule is C=C(C)CC(=C)OCc1ccccc1C. The van der Waals surface area contributed by atoms with Crippen LogP contribution in [0.1, 0.15) is 24.5 Å². The minimum absolute atomic E-state index is 0.596. The molecule has 0 saturated heterocycles. The summed E-state index contributed by atoms with van der Waals surface area (Å²) in [5, 5.41) is 0. The smallest absolute Gasteiger partial charge is 0.113 e. The van der Waals surface area contributed by atoms with E-state index in [1.165, 1.54) is 11.1 Å². The van der Waals surface area contributed by atoms with Gasteiger partial charge in [0.05, 0.1) is 5.76 Å². The van der Waals surface area contributed by atoms with Crippen LogP contribution in [-0.4, -0.2) is 0 Å². The van der Waals surface area contributed by atoms with Crippen LogP contribution >= 0.6 is 0 Å². The Kier molecular flexibility index (Phi) is 4.17. The van der Waals surface area contributed by atoms with Gasteiger partial charge in [0.15, 0.2) is 0 Å². The topological polar surface area (TPSA) is 9.23 Å². The molecular formula is C14H18O. The summed E-state index contributed by atoms with van der Waals surface area (Å²) in [4.78, 5) is 0. The Hall–Kier alpha value is -1.50. The number of hydrogen-bond acceptors (Lipinski definition) is 1. The molecule has 0 atom stereocenters. The van der Waals surface area contributed by atoms with Crippen LogP contribution in [0.5, 0.6) is 0 Å². The molecule has 0 heterocycles. The fourth-order valence-corrected chi connectivity index (χ4v) is 1.34. The lowest BCUT2D eigenvalue weighted by Gasteiger charge is -2.10. The van der Waals surface area contributed by atoms with Crippen LogP contribution in [0.2, 0.25) is 0 Å². The van der Waals surface area contributed by atoms with E-state index in [2.05, 4.69) is 32.2 Å². The van der Waals surface area contributed by atoms with Crippen LogP contribution in [0, 0.1) is 6.92 Å². The molecule has 0 amide bonds. The molecule has 15 heavy (non-hydrogen) atoms. The van der Waals surface area contributed by atoms with Gasteiger partial charge in [-0.1, -0.05) is 43.0 Å². The average molecular weight is 202 g/mol. The molecule has 1 aromatic carbocycles. The second-order valence-electron chi connectivity index (χ2n) is 3.89. The molecule has 0 saturated carbocycles. The molecule has 0 unspecified atom stereocenters. The standard InChI is InChI=1S/C14H18O/c1-11(2)9-13(4)15-10-14-8-6-5-7-12(14)3/h5-8H,1,4,9-10H2,2-3H3. The molecule has 0 aliphatic rings. The van der Waals surface area contributed by atoms with Crippen LogP contribution in [-0.2, 0) is 11.3 Å². The van der Waals surface area contributed by atoms with Gasteiger partial charge in [-0.2, -0.15) is 0 Å². The molecule has 0 radical (unpaired) electrons. The first-order valence-corrected chi connectivity index (χ1v) is 5.09. The van der Waals surface area contributed by atoms with Crippen LogP contribution in [0.3, 0.4) is 0 Å². The fourth-order valence-electron chi connectivity index (χ4n) is 1.34. The lowest BCUT2D eigenvalue weighted by atomic mass is 10.1. The number of allylic oxidation sites excluding steroid dienone is 1. The second kappa shape index (κ2) is 5.40. The largest absolute Gasteiger partial charge is 0.494 e. The van der Waals surface area contributed by atoms with Gasteiger partial charge in [0.2, 0.25) is 0 Å². The predicted octanol–water partition coefficient (Wildman–Crippen LogP) is 3.99. The van der Waals surface area contributed by atoms with E-state index < -0.39 is 0 Å². The molecule has 0 bridgehead atoms. The van der Waals surface area contributed by atoms with Gasteiger partial charge < -0.3 is 4.74 Å². The normalized spacial score (nSPS) is 9.73. The third-order valence-electron chi connectivity index (χ3n) is 2.19. The summed E-state index contributed by atoms with van der Waals surface area (Å²) in [7, 11) is 0. The summed E-state index contributed by atoms with van der Waals surface area (Å²) >= 11 is 0. The summed E-state index contributed by atoms with van der Waals surface area (Å²) in [6.45, 7) is 12.3. The zero-order valence-corrected chi connectivity index (χ0v) is 9.55. The number of aryl methyl sites for hydroxylation is 1. The predicted molar refractivity (Wildman–Crippen MR) is 64.5 cm³/mol.